The van der Waals surface area contributed by atoms with E-state index in [0.717, 1.165) is 29.7 Å². The molecule has 8 heteroatoms. The second-order valence-corrected chi connectivity index (χ2v) is 9.22. The number of likely N-dealkylation sites (tertiary alicyclic amines) is 1. The van der Waals surface area contributed by atoms with Gasteiger partial charge in [-0.25, -0.2) is 4.39 Å². The number of nitrogens with zero attached hydrogens (tertiary/aromatic N) is 3. The highest BCUT2D eigenvalue weighted by Gasteiger charge is 2.42. The van der Waals surface area contributed by atoms with Gasteiger partial charge in [0.25, 0.3) is 0 Å². The quantitative estimate of drug-likeness (QED) is 0.778. The Morgan fingerprint density at radius 1 is 1.26 bits per heavy atom. The Balaban J connectivity index is 1.54. The topological polar surface area (TPSA) is 79.7 Å². The molecule has 0 radical (unpaired) electrons. The van der Waals surface area contributed by atoms with Crippen LogP contribution in [0.25, 0.3) is 11.3 Å². The van der Waals surface area contributed by atoms with E-state index in [1.807, 2.05) is 31.0 Å². The summed E-state index contributed by atoms with van der Waals surface area (Å²) in [5, 5.41) is 23.0. The Labute approximate surface area is 181 Å². The zero-order valence-electron chi connectivity index (χ0n) is 18.0. The number of aryl methyl sites for hydroxylation is 1. The van der Waals surface area contributed by atoms with E-state index in [2.05, 4.69) is 15.5 Å². The van der Waals surface area contributed by atoms with E-state index in [9.17, 15) is 9.50 Å². The number of ether oxygens (including phenoxy) is 2. The number of aromatic nitrogens is 2. The zero-order valence-corrected chi connectivity index (χ0v) is 18.0. The number of hydrogen-bond acceptors (Lipinski definition) is 7. The van der Waals surface area contributed by atoms with Gasteiger partial charge in [-0.1, -0.05) is 6.07 Å². The molecule has 2 saturated heterocycles. The van der Waals surface area contributed by atoms with Crippen molar-refractivity contribution in [3.8, 4) is 17.0 Å². The minimum absolute atomic E-state index is 0.0449. The number of piperidine rings is 1. The van der Waals surface area contributed by atoms with Crippen molar-refractivity contribution >= 4 is 5.82 Å². The van der Waals surface area contributed by atoms with Crippen LogP contribution in [0.3, 0.4) is 0 Å². The fourth-order valence-electron chi connectivity index (χ4n) is 5.01. The number of nitrogens with one attached hydrogen (secondary N) is 1. The molecule has 3 atom stereocenters. The van der Waals surface area contributed by atoms with Gasteiger partial charge in [-0.05, 0) is 37.2 Å². The molecule has 2 unspecified atom stereocenters. The van der Waals surface area contributed by atoms with E-state index < -0.39 is 6.17 Å². The smallest absolute Gasteiger partial charge is 0.154 e. The lowest BCUT2D eigenvalue weighted by Crippen LogP contribution is -2.46. The van der Waals surface area contributed by atoms with E-state index in [4.69, 9.17) is 9.47 Å². The standard InChI is InChI=1S/C23H29FN4O3/c1-14-3-4-17(20(29)7-14)21-18-9-23(5-6-30-13-23)31-12-19(18)22(27-26-21)25-16-8-15(24)10-28(2)11-16/h3-4,7,15-16,29H,5-6,8-13H2,1-2H3,(H,25,27)/t15-,16?,23?/m1/s1. The first kappa shape index (κ1) is 20.6. The highest BCUT2D eigenvalue weighted by molar-refractivity contribution is 5.73. The maximum atomic E-state index is 14.1. The van der Waals surface area contributed by atoms with Gasteiger partial charge >= 0.3 is 0 Å². The van der Waals surface area contributed by atoms with Crippen molar-refractivity contribution in [3.63, 3.8) is 0 Å². The number of phenols is 1. The van der Waals surface area contributed by atoms with Crippen molar-refractivity contribution in [2.45, 2.75) is 50.6 Å². The summed E-state index contributed by atoms with van der Waals surface area (Å²) in [5.74, 6) is 0.834. The molecule has 1 spiro atoms. The molecule has 2 fully saturated rings. The van der Waals surface area contributed by atoms with Crippen molar-refractivity contribution < 1.29 is 19.0 Å². The number of anilines is 1. The molecule has 1 aromatic heterocycles. The molecular weight excluding hydrogens is 399 g/mol. The summed E-state index contributed by atoms with van der Waals surface area (Å²) in [6.45, 7) is 4.76. The molecule has 1 aromatic carbocycles. The highest BCUT2D eigenvalue weighted by Crippen LogP contribution is 2.42. The fraction of sp³-hybridized carbons (Fsp3) is 0.565. The summed E-state index contributed by atoms with van der Waals surface area (Å²) in [4.78, 5) is 1.99. The first-order valence-electron chi connectivity index (χ1n) is 10.9. The van der Waals surface area contributed by atoms with E-state index in [1.165, 1.54) is 0 Å². The molecule has 0 saturated carbocycles. The van der Waals surface area contributed by atoms with Gasteiger partial charge in [0.1, 0.15) is 17.6 Å². The van der Waals surface area contributed by atoms with E-state index in [1.54, 1.807) is 6.07 Å². The predicted molar refractivity (Wildman–Crippen MR) is 115 cm³/mol. The van der Waals surface area contributed by atoms with Gasteiger partial charge in [0, 0.05) is 56.1 Å². The second-order valence-electron chi connectivity index (χ2n) is 9.22. The van der Waals surface area contributed by atoms with Crippen LogP contribution in [0.5, 0.6) is 5.75 Å². The number of hydrogen-bond donors (Lipinski definition) is 2. The van der Waals surface area contributed by atoms with Crippen LogP contribution in [0.1, 0.15) is 29.5 Å². The number of fused-ring (bicyclic) bond motifs is 1. The Hall–Kier alpha value is -2.29. The van der Waals surface area contributed by atoms with Gasteiger partial charge < -0.3 is 24.8 Å². The molecule has 166 valence electrons. The Bertz CT molecular complexity index is 970. The molecule has 3 aliphatic heterocycles. The lowest BCUT2D eigenvalue weighted by atomic mass is 9.86. The molecule has 0 bridgehead atoms. The molecule has 0 aliphatic carbocycles. The van der Waals surface area contributed by atoms with Crippen molar-refractivity contribution in [1.29, 1.82) is 0 Å². The molecule has 0 amide bonds. The summed E-state index contributed by atoms with van der Waals surface area (Å²) in [6, 6.07) is 5.54. The van der Waals surface area contributed by atoms with Gasteiger partial charge in [-0.3, -0.25) is 0 Å². The third-order valence-electron chi connectivity index (χ3n) is 6.61. The first-order valence-corrected chi connectivity index (χ1v) is 10.9. The molecule has 3 aliphatic rings. The maximum Gasteiger partial charge on any atom is 0.154 e. The van der Waals surface area contributed by atoms with Crippen LogP contribution in [0, 0.1) is 6.92 Å². The molecular formula is C23H29FN4O3. The number of rotatable bonds is 3. The van der Waals surface area contributed by atoms with Gasteiger partial charge in [0.15, 0.2) is 5.82 Å². The van der Waals surface area contributed by atoms with Crippen molar-refractivity contribution in [2.24, 2.45) is 0 Å². The van der Waals surface area contributed by atoms with Gasteiger partial charge in [0.05, 0.1) is 18.8 Å². The average Bonchev–Trinajstić information content (AvgIpc) is 3.15. The number of likely N-dealkylation sites (N-methyl/N-ethyl adjacent to an activating group) is 1. The van der Waals surface area contributed by atoms with Crippen LogP contribution < -0.4 is 5.32 Å². The molecule has 4 heterocycles. The van der Waals surface area contributed by atoms with Crippen LogP contribution in [-0.4, -0.2) is 71.4 Å². The van der Waals surface area contributed by atoms with Crippen molar-refractivity contribution in [2.75, 3.05) is 38.7 Å². The van der Waals surface area contributed by atoms with Crippen LogP contribution in [0.15, 0.2) is 18.2 Å². The second kappa shape index (κ2) is 8.00. The normalized spacial score (nSPS) is 28.6. The molecule has 5 rings (SSSR count). The van der Waals surface area contributed by atoms with Gasteiger partial charge in [0.2, 0.25) is 0 Å². The Morgan fingerprint density at radius 2 is 2.13 bits per heavy atom. The highest BCUT2D eigenvalue weighted by atomic mass is 19.1. The summed E-state index contributed by atoms with van der Waals surface area (Å²) in [5.41, 5.74) is 3.92. The fourth-order valence-corrected chi connectivity index (χ4v) is 5.01. The third kappa shape index (κ3) is 4.00. The lowest BCUT2D eigenvalue weighted by Gasteiger charge is -2.36. The average molecular weight is 429 g/mol. The summed E-state index contributed by atoms with van der Waals surface area (Å²) in [7, 11) is 1.93. The molecule has 7 nitrogen and oxygen atoms in total. The minimum atomic E-state index is -0.862. The van der Waals surface area contributed by atoms with Crippen LogP contribution >= 0.6 is 0 Å². The monoisotopic (exact) mass is 428 g/mol. The lowest BCUT2D eigenvalue weighted by molar-refractivity contribution is -0.0693. The van der Waals surface area contributed by atoms with Crippen molar-refractivity contribution in [3.05, 3.63) is 34.9 Å². The summed E-state index contributed by atoms with van der Waals surface area (Å²) in [6.07, 6.45) is 1.05. The Kier molecular flexibility index (Phi) is 5.32. The number of halogens is 1. The van der Waals surface area contributed by atoms with Gasteiger partial charge in [-0.15, -0.1) is 10.2 Å². The number of phenolic OH excluding ortho intramolecular Hbond substituents is 1. The zero-order chi connectivity index (χ0) is 21.6. The largest absolute Gasteiger partial charge is 0.507 e. The molecule has 2 N–H and O–H groups in total. The van der Waals surface area contributed by atoms with Gasteiger partial charge in [-0.2, -0.15) is 0 Å². The predicted octanol–water partition coefficient (Wildman–Crippen LogP) is 2.84. The number of aromatic hydroxyl groups is 1. The number of benzene rings is 1. The SMILES string of the molecule is Cc1ccc(-c2nnc(NC3C[C@@H](F)CN(C)C3)c3c2CC2(CCOC2)OC3)c(O)c1. The van der Waals surface area contributed by atoms with Crippen LogP contribution in [0.2, 0.25) is 0 Å². The summed E-state index contributed by atoms with van der Waals surface area (Å²) < 4.78 is 26.0. The Morgan fingerprint density at radius 3 is 2.87 bits per heavy atom. The maximum absolute atomic E-state index is 14.1. The van der Waals surface area contributed by atoms with E-state index >= 15 is 0 Å². The van der Waals surface area contributed by atoms with Crippen LogP contribution in [0.4, 0.5) is 10.2 Å². The first-order chi connectivity index (χ1) is 14.9. The molecule has 31 heavy (non-hydrogen) atoms. The van der Waals surface area contributed by atoms with E-state index in [0.29, 0.717) is 56.3 Å². The summed E-state index contributed by atoms with van der Waals surface area (Å²) >= 11 is 0. The minimum Gasteiger partial charge on any atom is -0.507 e. The number of alkyl halides is 1. The van der Waals surface area contributed by atoms with Crippen molar-refractivity contribution in [1.82, 2.24) is 15.1 Å². The third-order valence-corrected chi connectivity index (χ3v) is 6.61. The van der Waals surface area contributed by atoms with Crippen LogP contribution in [-0.2, 0) is 22.5 Å². The molecule has 2 aromatic rings. The van der Waals surface area contributed by atoms with E-state index in [-0.39, 0.29) is 17.4 Å².